The Morgan fingerprint density at radius 3 is 1.59 bits per heavy atom. The SMILES string of the molecule is CC(=O)N[C@@H](CS[13CH2][13CH2]N([13CH2][13CH2]O[Si](C)(C)C(C)(C)C)[13CH2][13CH2]O[Si](C)(C)C(C)(C)C)C(=O)OC(C)(C)C. The molecule has 0 aliphatic carbocycles. The molecule has 1 atom stereocenters. The lowest BCUT2D eigenvalue weighted by Gasteiger charge is -2.38. The molecule has 0 spiro atoms. The quantitative estimate of drug-likeness (QED) is 0.111. The van der Waals surface area contributed by atoms with Crippen LogP contribution in [0.15, 0.2) is 0 Å². The molecule has 0 saturated heterocycles. The van der Waals surface area contributed by atoms with Crippen molar-refractivity contribution in [3.8, 4) is 0 Å². The lowest BCUT2D eigenvalue weighted by Crippen LogP contribution is -2.45. The highest BCUT2D eigenvalue weighted by molar-refractivity contribution is 7.99. The second-order valence-corrected chi connectivity index (χ2v) is 24.7. The molecule has 0 saturated carbocycles. The van der Waals surface area contributed by atoms with Crippen LogP contribution >= 0.6 is 11.8 Å². The van der Waals surface area contributed by atoms with Gasteiger partial charge in [0.05, 0.1) is 0 Å². The molecule has 0 aliphatic rings. The second-order valence-electron chi connectivity index (χ2n) is 13.9. The van der Waals surface area contributed by atoms with E-state index in [1.807, 2.05) is 20.8 Å². The molecule has 0 fully saturated rings. The largest absolute Gasteiger partial charge is 0.458 e. The minimum Gasteiger partial charge on any atom is -0.458 e. The summed E-state index contributed by atoms with van der Waals surface area (Å²) in [6.07, 6.45) is 0. The Bertz CT molecular complexity index is 681. The van der Waals surface area contributed by atoms with Gasteiger partial charge in [-0.15, -0.1) is 0 Å². The summed E-state index contributed by atoms with van der Waals surface area (Å²) in [5.41, 5.74) is -0.594. The summed E-state index contributed by atoms with van der Waals surface area (Å²) < 4.78 is 18.4. The summed E-state index contributed by atoms with van der Waals surface area (Å²) in [4.78, 5) is 26.6. The Kier molecular flexibility index (Phi) is 14.7. The predicted molar refractivity (Wildman–Crippen MR) is 164 cm³/mol. The van der Waals surface area contributed by atoms with Crippen LogP contribution in [0.25, 0.3) is 0 Å². The van der Waals surface area contributed by atoms with E-state index in [0.29, 0.717) is 19.0 Å². The van der Waals surface area contributed by atoms with Crippen molar-refractivity contribution in [2.45, 2.75) is 117 Å². The van der Waals surface area contributed by atoms with E-state index in [1.54, 1.807) is 11.8 Å². The van der Waals surface area contributed by atoms with Crippen LogP contribution in [0.4, 0.5) is 0 Å². The van der Waals surface area contributed by atoms with E-state index < -0.39 is 34.2 Å². The van der Waals surface area contributed by atoms with E-state index in [1.165, 1.54) is 6.92 Å². The molecule has 0 aromatic rings. The lowest BCUT2D eigenvalue weighted by molar-refractivity contribution is -0.157. The Labute approximate surface area is 234 Å². The van der Waals surface area contributed by atoms with E-state index >= 15 is 0 Å². The van der Waals surface area contributed by atoms with Crippen molar-refractivity contribution >= 4 is 40.3 Å². The van der Waals surface area contributed by atoms with Gasteiger partial charge in [-0.05, 0) is 57.0 Å². The molecule has 0 aromatic carbocycles. The molecule has 0 aromatic heterocycles. The van der Waals surface area contributed by atoms with Gasteiger partial charge >= 0.3 is 5.97 Å². The average molecular weight is 585 g/mol. The van der Waals surface area contributed by atoms with Gasteiger partial charge in [-0.1, -0.05) is 41.5 Å². The predicted octanol–water partition coefficient (Wildman–Crippen LogP) is 5.91. The van der Waals surface area contributed by atoms with Gasteiger partial charge in [-0.3, -0.25) is 9.69 Å². The fourth-order valence-electron chi connectivity index (χ4n) is 2.81. The van der Waals surface area contributed by atoms with Crippen molar-refractivity contribution < 1.29 is 23.2 Å². The van der Waals surface area contributed by atoms with Gasteiger partial charge in [-0.2, -0.15) is 11.8 Å². The van der Waals surface area contributed by atoms with Crippen molar-refractivity contribution in [1.29, 1.82) is 0 Å². The lowest BCUT2D eigenvalue weighted by atomic mass is 10.2. The minimum atomic E-state index is -1.81. The number of esters is 1. The standard InChI is InChI=1S/C27H58N2O5SSi2/c1-22(30)28-23(24(31)34-25(2,3)4)21-35-20-17-29(15-18-32-36(11,12)26(5,6)7)16-19-33-37(13,14)27(8,9)10/h23H,15-21H2,1-14H3,(H,28,30)/t23-/m0/s1/i15+1,16+1,17+1,18+1,19+1,20+1. The normalized spacial score (nSPS) is 14.6. The molecule has 0 heterocycles. The summed E-state index contributed by atoms with van der Waals surface area (Å²) >= 11 is 1.65. The number of hydrogen-bond acceptors (Lipinski definition) is 7. The molecule has 7 nitrogen and oxygen atoms in total. The molecule has 0 aliphatic heterocycles. The van der Waals surface area contributed by atoms with Crippen LogP contribution in [-0.2, 0) is 23.2 Å². The third-order valence-electron chi connectivity index (χ3n) is 7.26. The smallest absolute Gasteiger partial charge is 0.330 e. The molecular weight excluding hydrogens is 526 g/mol. The summed E-state index contributed by atoms with van der Waals surface area (Å²) in [7, 11) is -3.61. The third kappa shape index (κ3) is 15.1. The fraction of sp³-hybridized carbons (Fsp3) is 0.926. The van der Waals surface area contributed by atoms with Crippen LogP contribution in [0.3, 0.4) is 0 Å². The van der Waals surface area contributed by atoms with Gasteiger partial charge in [0.2, 0.25) is 5.91 Å². The van der Waals surface area contributed by atoms with Crippen LogP contribution in [0.2, 0.25) is 36.3 Å². The number of nitrogens with one attached hydrogen (secondary N) is 1. The van der Waals surface area contributed by atoms with Crippen LogP contribution in [0, 0.1) is 0 Å². The Hall–Kier alpha value is -0.396. The highest BCUT2D eigenvalue weighted by Crippen LogP contribution is 2.37. The van der Waals surface area contributed by atoms with Crippen LogP contribution in [0.1, 0.15) is 69.2 Å². The van der Waals surface area contributed by atoms with Crippen molar-refractivity contribution in [3.05, 3.63) is 0 Å². The number of carbonyl (C=O) groups excluding carboxylic acids is 2. The van der Waals surface area contributed by atoms with Gasteiger partial charge in [0.1, 0.15) is 11.6 Å². The van der Waals surface area contributed by atoms with Crippen LogP contribution in [-0.4, -0.2) is 89.4 Å². The maximum absolute atomic E-state index is 12.6. The molecule has 0 rings (SSSR count). The number of amides is 1. The topological polar surface area (TPSA) is 77.1 Å². The monoisotopic (exact) mass is 584 g/mol. The fourth-order valence-corrected chi connectivity index (χ4v) is 5.89. The molecule has 37 heavy (non-hydrogen) atoms. The zero-order valence-corrected chi connectivity index (χ0v) is 29.2. The maximum Gasteiger partial charge on any atom is 0.330 e. The van der Waals surface area contributed by atoms with Crippen molar-refractivity contribution in [3.63, 3.8) is 0 Å². The first-order chi connectivity index (χ1) is 16.5. The van der Waals surface area contributed by atoms with Crippen LogP contribution in [0.5, 0.6) is 0 Å². The Morgan fingerprint density at radius 1 is 0.811 bits per heavy atom. The number of hydrogen-bond donors (Lipinski definition) is 1. The number of rotatable bonds is 15. The zero-order valence-electron chi connectivity index (χ0n) is 26.4. The first-order valence-electron chi connectivity index (χ1n) is 13.6. The molecule has 0 unspecified atom stereocenters. The van der Waals surface area contributed by atoms with Crippen molar-refractivity contribution in [2.24, 2.45) is 0 Å². The summed E-state index contributed by atoms with van der Waals surface area (Å²) in [6, 6.07) is -0.654. The Morgan fingerprint density at radius 2 is 1.24 bits per heavy atom. The van der Waals surface area contributed by atoms with E-state index in [-0.39, 0.29) is 16.0 Å². The molecule has 10 heteroatoms. The molecule has 0 radical (unpaired) electrons. The number of ether oxygens (including phenoxy) is 1. The first-order valence-corrected chi connectivity index (χ1v) is 20.5. The van der Waals surface area contributed by atoms with Crippen molar-refractivity contribution in [2.75, 3.05) is 44.4 Å². The van der Waals surface area contributed by atoms with E-state index in [0.717, 1.165) is 25.4 Å². The van der Waals surface area contributed by atoms with Gasteiger partial charge in [0.15, 0.2) is 16.6 Å². The second kappa shape index (κ2) is 14.8. The van der Waals surface area contributed by atoms with Crippen molar-refractivity contribution in [1.82, 2.24) is 10.2 Å². The first kappa shape index (κ1) is 36.6. The molecule has 1 N–H and O–H groups in total. The summed E-state index contributed by atoms with van der Waals surface area (Å²) in [5, 5.41) is 3.10. The number of thioether (sulfide) groups is 1. The Balaban J connectivity index is 5.07. The highest BCUT2D eigenvalue weighted by atomic mass is 32.2. The van der Waals surface area contributed by atoms with Gasteiger partial charge < -0.3 is 18.9 Å². The zero-order chi connectivity index (χ0) is 29.3. The molecule has 220 valence electrons. The van der Waals surface area contributed by atoms with Gasteiger partial charge in [-0.25, -0.2) is 4.79 Å². The minimum absolute atomic E-state index is 0.180. The molecular formula is C27H58N2O5SSi2. The van der Waals surface area contributed by atoms with Crippen LogP contribution < -0.4 is 5.32 Å². The van der Waals surface area contributed by atoms with E-state index in [4.69, 9.17) is 13.6 Å². The van der Waals surface area contributed by atoms with E-state index in [2.05, 4.69) is 77.9 Å². The average Bonchev–Trinajstić information content (AvgIpc) is 2.66. The van der Waals surface area contributed by atoms with Gasteiger partial charge in [0.25, 0.3) is 0 Å². The van der Waals surface area contributed by atoms with Gasteiger partial charge in [0, 0.05) is 51.3 Å². The molecule has 1 amide bonds. The summed E-state index contributed by atoms with van der Waals surface area (Å²) in [5.74, 6) is 0.684. The van der Waals surface area contributed by atoms with E-state index in [9.17, 15) is 9.59 Å². The number of nitrogens with zero attached hydrogens (tertiary/aromatic N) is 1. The third-order valence-corrected chi connectivity index (χ3v) is 17.4. The maximum atomic E-state index is 12.6. The molecule has 0 bridgehead atoms. The summed E-state index contributed by atoms with van der Waals surface area (Å²) in [6.45, 7) is 33.6. The number of carbonyl (C=O) groups is 2. The highest BCUT2D eigenvalue weighted by Gasteiger charge is 2.38.